The second-order valence-electron chi connectivity index (χ2n) is 4.97. The van der Waals surface area contributed by atoms with Crippen molar-refractivity contribution in [1.82, 2.24) is 15.1 Å². The smallest absolute Gasteiger partial charge is 0.258 e. The zero-order valence-corrected chi connectivity index (χ0v) is 11.7. The predicted octanol–water partition coefficient (Wildman–Crippen LogP) is 2.06. The summed E-state index contributed by atoms with van der Waals surface area (Å²) in [5.74, 6) is 2.13. The molecule has 0 bridgehead atoms. The van der Waals surface area contributed by atoms with Crippen LogP contribution in [0.5, 0.6) is 0 Å². The topological polar surface area (TPSA) is 64.3 Å². The molecule has 1 saturated heterocycles. The highest BCUT2D eigenvalue weighted by molar-refractivity contribution is 5.58. The van der Waals surface area contributed by atoms with Crippen molar-refractivity contribution in [3.05, 3.63) is 24.2 Å². The van der Waals surface area contributed by atoms with E-state index in [0.29, 0.717) is 17.8 Å². The van der Waals surface area contributed by atoms with Crippen molar-refractivity contribution in [3.8, 4) is 11.5 Å². The molecule has 106 valence electrons. The first-order chi connectivity index (χ1) is 9.76. The van der Waals surface area contributed by atoms with E-state index in [1.807, 2.05) is 19.1 Å². The summed E-state index contributed by atoms with van der Waals surface area (Å²) in [6.07, 6.45) is 4.21. The standard InChI is InChI=1S/C14H18N4O2/c1-10-16-14(20-17-10)11-3-6-15-13(9-11)18-7-4-12(19-2)5-8-18/h3,6,9,12H,4-5,7-8H2,1-2H3. The van der Waals surface area contributed by atoms with E-state index in [1.165, 1.54) is 0 Å². The number of aryl methyl sites for hydroxylation is 1. The van der Waals surface area contributed by atoms with E-state index >= 15 is 0 Å². The van der Waals surface area contributed by atoms with Gasteiger partial charge in [0.15, 0.2) is 5.82 Å². The lowest BCUT2D eigenvalue weighted by molar-refractivity contribution is 0.0818. The molecule has 0 spiro atoms. The monoisotopic (exact) mass is 274 g/mol. The molecule has 3 rings (SSSR count). The Kier molecular flexibility index (Phi) is 3.64. The molecule has 2 aromatic heterocycles. The van der Waals surface area contributed by atoms with Crippen LogP contribution in [-0.2, 0) is 4.74 Å². The summed E-state index contributed by atoms with van der Waals surface area (Å²) in [5, 5.41) is 3.82. The van der Waals surface area contributed by atoms with Crippen LogP contribution < -0.4 is 4.90 Å². The third kappa shape index (κ3) is 2.65. The van der Waals surface area contributed by atoms with Gasteiger partial charge in [-0.2, -0.15) is 4.98 Å². The third-order valence-electron chi connectivity index (χ3n) is 3.62. The highest BCUT2D eigenvalue weighted by Gasteiger charge is 2.20. The Bertz CT molecular complexity index is 576. The molecular weight excluding hydrogens is 256 g/mol. The van der Waals surface area contributed by atoms with Crippen LogP contribution in [-0.4, -0.2) is 41.4 Å². The summed E-state index contributed by atoms with van der Waals surface area (Å²) in [6.45, 7) is 3.72. The number of methoxy groups -OCH3 is 1. The fraction of sp³-hybridized carbons (Fsp3) is 0.500. The second-order valence-corrected chi connectivity index (χ2v) is 4.97. The van der Waals surface area contributed by atoms with Crippen LogP contribution in [0.25, 0.3) is 11.5 Å². The fourth-order valence-electron chi connectivity index (χ4n) is 2.46. The zero-order chi connectivity index (χ0) is 13.9. The highest BCUT2D eigenvalue weighted by atomic mass is 16.5. The van der Waals surface area contributed by atoms with Gasteiger partial charge in [0.1, 0.15) is 5.82 Å². The van der Waals surface area contributed by atoms with Gasteiger partial charge in [-0.1, -0.05) is 5.16 Å². The maximum Gasteiger partial charge on any atom is 0.258 e. The summed E-state index contributed by atoms with van der Waals surface area (Å²) in [6, 6.07) is 3.89. The van der Waals surface area contributed by atoms with Crippen molar-refractivity contribution in [1.29, 1.82) is 0 Å². The van der Waals surface area contributed by atoms with E-state index in [-0.39, 0.29) is 0 Å². The maximum atomic E-state index is 5.39. The molecule has 3 heterocycles. The third-order valence-corrected chi connectivity index (χ3v) is 3.62. The number of rotatable bonds is 3. The van der Waals surface area contributed by atoms with Crippen LogP contribution in [0.4, 0.5) is 5.82 Å². The van der Waals surface area contributed by atoms with Gasteiger partial charge in [-0.3, -0.25) is 0 Å². The highest BCUT2D eigenvalue weighted by Crippen LogP contribution is 2.24. The maximum absolute atomic E-state index is 5.39. The molecule has 0 atom stereocenters. The van der Waals surface area contributed by atoms with Crippen LogP contribution >= 0.6 is 0 Å². The van der Waals surface area contributed by atoms with E-state index in [1.54, 1.807) is 13.3 Å². The molecule has 0 aromatic carbocycles. The lowest BCUT2D eigenvalue weighted by atomic mass is 10.1. The van der Waals surface area contributed by atoms with Gasteiger partial charge < -0.3 is 14.2 Å². The Hall–Kier alpha value is -1.95. The van der Waals surface area contributed by atoms with Crippen molar-refractivity contribution < 1.29 is 9.26 Å². The first-order valence-electron chi connectivity index (χ1n) is 6.81. The van der Waals surface area contributed by atoms with Gasteiger partial charge >= 0.3 is 0 Å². The zero-order valence-electron chi connectivity index (χ0n) is 11.7. The molecule has 1 aliphatic heterocycles. The van der Waals surface area contributed by atoms with Crippen molar-refractivity contribution in [3.63, 3.8) is 0 Å². The van der Waals surface area contributed by atoms with Gasteiger partial charge in [-0.05, 0) is 31.9 Å². The molecule has 0 N–H and O–H groups in total. The molecule has 6 heteroatoms. The number of anilines is 1. The van der Waals surface area contributed by atoms with Crippen LogP contribution in [0.3, 0.4) is 0 Å². The van der Waals surface area contributed by atoms with Gasteiger partial charge in [0.25, 0.3) is 5.89 Å². The summed E-state index contributed by atoms with van der Waals surface area (Å²) in [5.41, 5.74) is 0.907. The summed E-state index contributed by atoms with van der Waals surface area (Å²) < 4.78 is 10.6. The number of aromatic nitrogens is 3. The van der Waals surface area contributed by atoms with E-state index in [4.69, 9.17) is 9.26 Å². The molecule has 20 heavy (non-hydrogen) atoms. The normalized spacial score (nSPS) is 16.6. The number of hydrogen-bond donors (Lipinski definition) is 0. The summed E-state index contributed by atoms with van der Waals surface area (Å²) >= 11 is 0. The largest absolute Gasteiger partial charge is 0.381 e. The molecule has 0 radical (unpaired) electrons. The molecule has 0 aliphatic carbocycles. The summed E-state index contributed by atoms with van der Waals surface area (Å²) in [7, 11) is 1.77. The van der Waals surface area contributed by atoms with Crippen LogP contribution in [0.1, 0.15) is 18.7 Å². The van der Waals surface area contributed by atoms with E-state index in [9.17, 15) is 0 Å². The van der Waals surface area contributed by atoms with Crippen LogP contribution in [0.15, 0.2) is 22.9 Å². The Morgan fingerprint density at radius 1 is 1.35 bits per heavy atom. The SMILES string of the molecule is COC1CCN(c2cc(-c3nc(C)no3)ccn2)CC1. The Balaban J connectivity index is 1.78. The Morgan fingerprint density at radius 2 is 2.15 bits per heavy atom. The van der Waals surface area contributed by atoms with Crippen LogP contribution in [0, 0.1) is 6.92 Å². The van der Waals surface area contributed by atoms with Crippen LogP contribution in [0.2, 0.25) is 0 Å². The molecule has 0 amide bonds. The van der Waals surface area contributed by atoms with Gasteiger partial charge in [-0.25, -0.2) is 4.98 Å². The molecular formula is C14H18N4O2. The minimum atomic E-state index is 0.369. The molecule has 6 nitrogen and oxygen atoms in total. The Morgan fingerprint density at radius 3 is 2.80 bits per heavy atom. The first-order valence-corrected chi connectivity index (χ1v) is 6.81. The molecule has 2 aromatic rings. The van der Waals surface area contributed by atoms with Gasteiger partial charge in [-0.15, -0.1) is 0 Å². The average Bonchev–Trinajstić information content (AvgIpc) is 2.94. The molecule has 0 saturated carbocycles. The number of nitrogens with zero attached hydrogens (tertiary/aromatic N) is 4. The van der Waals surface area contributed by atoms with Gasteiger partial charge in [0, 0.05) is 32.0 Å². The van der Waals surface area contributed by atoms with Crippen molar-refractivity contribution in [2.24, 2.45) is 0 Å². The second kappa shape index (κ2) is 5.58. The molecule has 0 unspecified atom stereocenters. The quantitative estimate of drug-likeness (QED) is 0.853. The number of piperidine rings is 1. The summed E-state index contributed by atoms with van der Waals surface area (Å²) in [4.78, 5) is 11.0. The average molecular weight is 274 g/mol. The Labute approximate surface area is 117 Å². The first kappa shape index (κ1) is 13.1. The number of pyridine rings is 1. The minimum absolute atomic E-state index is 0.369. The molecule has 1 aliphatic rings. The number of hydrogen-bond acceptors (Lipinski definition) is 6. The van der Waals surface area contributed by atoms with Gasteiger partial charge in [0.2, 0.25) is 0 Å². The van der Waals surface area contributed by atoms with Crippen molar-refractivity contribution in [2.75, 3.05) is 25.1 Å². The lowest BCUT2D eigenvalue weighted by Gasteiger charge is -2.32. The van der Waals surface area contributed by atoms with Crippen molar-refractivity contribution >= 4 is 5.82 Å². The fourth-order valence-corrected chi connectivity index (χ4v) is 2.46. The lowest BCUT2D eigenvalue weighted by Crippen LogP contribution is -2.37. The van der Waals surface area contributed by atoms with Gasteiger partial charge in [0.05, 0.1) is 6.10 Å². The minimum Gasteiger partial charge on any atom is -0.381 e. The van der Waals surface area contributed by atoms with E-state index in [2.05, 4.69) is 20.0 Å². The molecule has 1 fully saturated rings. The number of ether oxygens (including phenoxy) is 1. The van der Waals surface area contributed by atoms with E-state index in [0.717, 1.165) is 37.3 Å². The van der Waals surface area contributed by atoms with Crippen molar-refractivity contribution in [2.45, 2.75) is 25.9 Å². The van der Waals surface area contributed by atoms with E-state index < -0.39 is 0 Å². The predicted molar refractivity (Wildman–Crippen MR) is 74.5 cm³/mol.